The largest absolute Gasteiger partial charge is 0.393 e. The maximum Gasteiger partial charge on any atom is 0.237 e. The molecule has 0 saturated heterocycles. The van der Waals surface area contributed by atoms with E-state index < -0.39 is 23.8 Å². The van der Waals surface area contributed by atoms with Gasteiger partial charge in [0.05, 0.1) is 6.10 Å². The van der Waals surface area contributed by atoms with Crippen LogP contribution in [0.1, 0.15) is 18.4 Å². The van der Waals surface area contributed by atoms with Gasteiger partial charge in [0.15, 0.2) is 0 Å². The average Bonchev–Trinajstić information content (AvgIpc) is 2.59. The summed E-state index contributed by atoms with van der Waals surface area (Å²) in [5.41, 5.74) is 7.02. The Balaban J connectivity index is 1.90. The maximum absolute atomic E-state index is 12.2. The summed E-state index contributed by atoms with van der Waals surface area (Å²) in [6, 6.07) is 18.6. The molecule has 0 aliphatic carbocycles. The van der Waals surface area contributed by atoms with E-state index in [0.717, 1.165) is 5.56 Å². The quantitative estimate of drug-likeness (QED) is 0.649. The number of hydrogen-bond acceptors (Lipinski definition) is 3. The Morgan fingerprint density at radius 3 is 2.17 bits per heavy atom. The molecular weight excluding hydrogens is 304 g/mol. The van der Waals surface area contributed by atoms with Crippen LogP contribution in [-0.4, -0.2) is 23.0 Å². The van der Waals surface area contributed by atoms with Crippen molar-refractivity contribution in [3.05, 3.63) is 66.2 Å². The Morgan fingerprint density at radius 1 is 1.00 bits per heavy atom. The molecule has 2 aromatic carbocycles. The van der Waals surface area contributed by atoms with Crippen molar-refractivity contribution >= 4 is 17.5 Å². The molecule has 0 bridgehead atoms. The van der Waals surface area contributed by atoms with Crippen LogP contribution in [0.25, 0.3) is 0 Å². The van der Waals surface area contributed by atoms with Gasteiger partial charge in [-0.25, -0.2) is 0 Å². The number of carbonyl (C=O) groups excluding carboxylic acids is 2. The molecule has 4 N–H and O–H groups in total. The third kappa shape index (κ3) is 5.52. The van der Waals surface area contributed by atoms with E-state index in [1.54, 1.807) is 24.3 Å². The van der Waals surface area contributed by atoms with Crippen LogP contribution in [0.15, 0.2) is 60.7 Å². The number of hydrogen-bond donors (Lipinski definition) is 3. The van der Waals surface area contributed by atoms with Crippen molar-refractivity contribution in [2.45, 2.75) is 25.4 Å². The number of aliphatic hydroxyl groups excluding tert-OH is 1. The molecule has 0 saturated carbocycles. The molecule has 0 aromatic heterocycles. The zero-order valence-electron chi connectivity index (χ0n) is 13.4. The highest BCUT2D eigenvalue weighted by Crippen LogP contribution is 2.15. The van der Waals surface area contributed by atoms with E-state index in [1.807, 2.05) is 36.4 Å². The van der Waals surface area contributed by atoms with Gasteiger partial charge in [-0.1, -0.05) is 48.5 Å². The SMILES string of the molecule is NC(=O)[C@@H](C[C@@H](O)CCc1ccccc1)C(=O)Nc1ccccc1. The first-order chi connectivity index (χ1) is 11.6. The number of carbonyl (C=O) groups is 2. The smallest absolute Gasteiger partial charge is 0.237 e. The van der Waals surface area contributed by atoms with E-state index in [0.29, 0.717) is 18.5 Å². The summed E-state index contributed by atoms with van der Waals surface area (Å²) >= 11 is 0. The lowest BCUT2D eigenvalue weighted by atomic mass is 9.96. The monoisotopic (exact) mass is 326 g/mol. The summed E-state index contributed by atoms with van der Waals surface area (Å²) in [6.45, 7) is 0. The molecule has 0 radical (unpaired) electrons. The fourth-order valence-electron chi connectivity index (χ4n) is 2.47. The number of amides is 2. The lowest BCUT2D eigenvalue weighted by Crippen LogP contribution is -2.37. The van der Waals surface area contributed by atoms with Crippen LogP contribution in [0, 0.1) is 5.92 Å². The third-order valence-corrected chi connectivity index (χ3v) is 3.82. The Morgan fingerprint density at radius 2 is 1.58 bits per heavy atom. The van der Waals surface area contributed by atoms with Gasteiger partial charge in [-0.15, -0.1) is 0 Å². The van der Waals surface area contributed by atoms with Crippen LogP contribution in [0.3, 0.4) is 0 Å². The standard InChI is InChI=1S/C19H22N2O3/c20-18(23)17(19(24)21-15-9-5-2-6-10-15)13-16(22)12-11-14-7-3-1-4-8-14/h1-10,16-17,22H,11-13H2,(H2,20,23)(H,21,24)/t16-,17+/m0/s1. The first-order valence-corrected chi connectivity index (χ1v) is 7.93. The van der Waals surface area contributed by atoms with Gasteiger partial charge < -0.3 is 16.2 Å². The van der Waals surface area contributed by atoms with E-state index >= 15 is 0 Å². The highest BCUT2D eigenvalue weighted by Gasteiger charge is 2.27. The second-order valence-electron chi connectivity index (χ2n) is 5.72. The van der Waals surface area contributed by atoms with Crippen molar-refractivity contribution < 1.29 is 14.7 Å². The van der Waals surface area contributed by atoms with Gasteiger partial charge >= 0.3 is 0 Å². The van der Waals surface area contributed by atoms with Crippen LogP contribution >= 0.6 is 0 Å². The lowest BCUT2D eigenvalue weighted by molar-refractivity contribution is -0.131. The zero-order valence-corrected chi connectivity index (χ0v) is 13.4. The molecule has 2 aromatic rings. The number of primary amides is 1. The summed E-state index contributed by atoms with van der Waals surface area (Å²) < 4.78 is 0. The Kier molecular flexibility index (Phi) is 6.51. The third-order valence-electron chi connectivity index (χ3n) is 3.82. The van der Waals surface area contributed by atoms with Gasteiger partial charge in [0.2, 0.25) is 11.8 Å². The molecule has 0 heterocycles. The molecule has 0 spiro atoms. The second-order valence-corrected chi connectivity index (χ2v) is 5.72. The first kappa shape index (κ1) is 17.7. The van der Waals surface area contributed by atoms with Crippen molar-refractivity contribution in [2.24, 2.45) is 11.7 Å². The Bertz CT molecular complexity index is 659. The highest BCUT2D eigenvalue weighted by molar-refractivity contribution is 6.05. The molecule has 0 aliphatic rings. The maximum atomic E-state index is 12.2. The molecule has 5 nitrogen and oxygen atoms in total. The van der Waals surface area contributed by atoms with Crippen LogP contribution in [-0.2, 0) is 16.0 Å². The molecule has 0 fully saturated rings. The summed E-state index contributed by atoms with van der Waals surface area (Å²) in [4.78, 5) is 23.8. The molecule has 24 heavy (non-hydrogen) atoms. The van der Waals surface area contributed by atoms with E-state index in [2.05, 4.69) is 5.32 Å². The van der Waals surface area contributed by atoms with Crippen LogP contribution in [0.2, 0.25) is 0 Å². The van der Waals surface area contributed by atoms with Crippen molar-refractivity contribution in [3.8, 4) is 0 Å². The van der Waals surface area contributed by atoms with E-state index in [-0.39, 0.29) is 6.42 Å². The number of benzene rings is 2. The van der Waals surface area contributed by atoms with E-state index in [1.165, 1.54) is 0 Å². The molecule has 5 heteroatoms. The van der Waals surface area contributed by atoms with Gasteiger partial charge in [0.25, 0.3) is 0 Å². The van der Waals surface area contributed by atoms with Crippen molar-refractivity contribution in [2.75, 3.05) is 5.32 Å². The minimum absolute atomic E-state index is 0.0147. The van der Waals surface area contributed by atoms with Crippen LogP contribution in [0.5, 0.6) is 0 Å². The van der Waals surface area contributed by atoms with Gasteiger partial charge in [-0.2, -0.15) is 0 Å². The van der Waals surface area contributed by atoms with Crippen molar-refractivity contribution in [3.63, 3.8) is 0 Å². The van der Waals surface area contributed by atoms with Gasteiger partial charge in [-0.3, -0.25) is 9.59 Å². The number of rotatable bonds is 8. The molecular formula is C19H22N2O3. The number of aryl methyl sites for hydroxylation is 1. The molecule has 2 rings (SSSR count). The van der Waals surface area contributed by atoms with Crippen molar-refractivity contribution in [1.29, 1.82) is 0 Å². The Labute approximate surface area is 141 Å². The van der Waals surface area contributed by atoms with E-state index in [9.17, 15) is 14.7 Å². The number of anilines is 1. The molecule has 2 amide bonds. The molecule has 0 aliphatic heterocycles. The topological polar surface area (TPSA) is 92.4 Å². The number of nitrogens with two attached hydrogens (primary N) is 1. The normalized spacial score (nSPS) is 13.0. The summed E-state index contributed by atoms with van der Waals surface area (Å²) in [6.07, 6.45) is 0.380. The van der Waals surface area contributed by atoms with Crippen molar-refractivity contribution in [1.82, 2.24) is 0 Å². The predicted molar refractivity (Wildman–Crippen MR) is 93.1 cm³/mol. The second kappa shape index (κ2) is 8.84. The summed E-state index contributed by atoms with van der Waals surface area (Å²) in [5.74, 6) is -2.29. The van der Waals surface area contributed by atoms with E-state index in [4.69, 9.17) is 5.73 Å². The minimum Gasteiger partial charge on any atom is -0.393 e. The number of aliphatic hydroxyl groups is 1. The zero-order chi connectivity index (χ0) is 17.4. The van der Waals surface area contributed by atoms with Gasteiger partial charge in [-0.05, 0) is 37.0 Å². The molecule has 0 unspecified atom stereocenters. The van der Waals surface area contributed by atoms with Crippen LogP contribution < -0.4 is 11.1 Å². The van der Waals surface area contributed by atoms with Crippen LogP contribution in [0.4, 0.5) is 5.69 Å². The molecule has 2 atom stereocenters. The fraction of sp³-hybridized carbons (Fsp3) is 0.263. The number of para-hydroxylation sites is 1. The predicted octanol–water partition coefficient (Wildman–Crippen LogP) is 2.11. The lowest BCUT2D eigenvalue weighted by Gasteiger charge is -2.17. The molecule has 126 valence electrons. The Hall–Kier alpha value is -2.66. The van der Waals surface area contributed by atoms with Gasteiger partial charge in [0.1, 0.15) is 5.92 Å². The fourth-order valence-corrected chi connectivity index (χ4v) is 2.47. The average molecular weight is 326 g/mol. The first-order valence-electron chi connectivity index (χ1n) is 7.93. The summed E-state index contributed by atoms with van der Waals surface area (Å²) in [7, 11) is 0. The van der Waals surface area contributed by atoms with Gasteiger partial charge in [0, 0.05) is 5.69 Å². The summed E-state index contributed by atoms with van der Waals surface area (Å²) in [5, 5.41) is 12.8. The highest BCUT2D eigenvalue weighted by atomic mass is 16.3. The minimum atomic E-state index is -1.06. The number of nitrogens with one attached hydrogen (secondary N) is 1.